The lowest BCUT2D eigenvalue weighted by Gasteiger charge is -2.31. The molecule has 1 aliphatic rings. The van der Waals surface area contributed by atoms with E-state index in [1.54, 1.807) is 6.92 Å². The van der Waals surface area contributed by atoms with Crippen LogP contribution in [0, 0.1) is 0 Å². The summed E-state index contributed by atoms with van der Waals surface area (Å²) in [5.74, 6) is -0.112. The number of hydrogen-bond donors (Lipinski definition) is 2. The van der Waals surface area contributed by atoms with Crippen LogP contribution < -0.4 is 17.7 Å². The molecule has 2 N–H and O–H groups in total. The first-order valence-electron chi connectivity index (χ1n) is 9.62. The topological polar surface area (TPSA) is 86.3 Å². The fourth-order valence-corrected chi connectivity index (χ4v) is 2.77. The molecule has 1 heterocycles. The molecule has 0 aliphatic carbocycles. The molecule has 1 amide bonds. The van der Waals surface area contributed by atoms with Crippen molar-refractivity contribution in [1.82, 2.24) is 5.32 Å². The molecular weight excluding hydrogens is 388 g/mol. The molecule has 0 aromatic carbocycles. The zero-order valence-electron chi connectivity index (χ0n) is 17.5. The van der Waals surface area contributed by atoms with Crippen molar-refractivity contribution in [3.05, 3.63) is 12.2 Å². The number of quaternary nitrogens is 1. The maximum absolute atomic E-state index is 11.4. The number of likely N-dealkylation sites (N-methyl/N-ethyl adjacent to an activating group) is 1. The molecule has 1 rings (SSSR count). The number of nitrogens with one attached hydrogen (secondary N) is 1. The Balaban J connectivity index is 0.00000729. The zero-order valence-corrected chi connectivity index (χ0v) is 18.2. The van der Waals surface area contributed by atoms with E-state index >= 15 is 0 Å². The first kappa shape index (κ1) is 27.3. The molecule has 1 saturated heterocycles. The van der Waals surface area contributed by atoms with Crippen LogP contribution in [0.15, 0.2) is 12.2 Å². The normalized spacial score (nSPS) is 15.9. The fourth-order valence-electron chi connectivity index (χ4n) is 2.77. The minimum absolute atomic E-state index is 0. The largest absolute Gasteiger partial charge is 1.00 e. The van der Waals surface area contributed by atoms with Crippen molar-refractivity contribution >= 4 is 5.91 Å². The van der Waals surface area contributed by atoms with Gasteiger partial charge in [0, 0.05) is 25.0 Å². The third-order valence-electron chi connectivity index (χ3n) is 4.19. The maximum atomic E-state index is 11.4. The van der Waals surface area contributed by atoms with Gasteiger partial charge >= 0.3 is 0 Å². The Hall–Kier alpha value is -0.740. The van der Waals surface area contributed by atoms with Crippen LogP contribution in [0.25, 0.3) is 0 Å². The van der Waals surface area contributed by atoms with Gasteiger partial charge in [0.2, 0.25) is 5.91 Å². The van der Waals surface area contributed by atoms with Gasteiger partial charge in [-0.15, -0.1) is 0 Å². The molecular formula is C19H37ClN2O6. The first-order valence-corrected chi connectivity index (χ1v) is 9.62. The first-order chi connectivity index (χ1) is 12.8. The molecule has 0 aromatic heterocycles. The lowest BCUT2D eigenvalue weighted by molar-refractivity contribution is -0.893. The van der Waals surface area contributed by atoms with Crippen LogP contribution >= 0.6 is 0 Å². The van der Waals surface area contributed by atoms with Gasteiger partial charge in [0.25, 0.3) is 0 Å². The highest BCUT2D eigenvalue weighted by atomic mass is 35.5. The van der Waals surface area contributed by atoms with Gasteiger partial charge in [-0.3, -0.25) is 4.79 Å². The number of halogens is 1. The predicted octanol–water partition coefficient (Wildman–Crippen LogP) is -2.69. The van der Waals surface area contributed by atoms with Crippen molar-refractivity contribution in [2.45, 2.75) is 32.2 Å². The maximum Gasteiger partial charge on any atom is 0.246 e. The van der Waals surface area contributed by atoms with Gasteiger partial charge in [0.1, 0.15) is 12.6 Å². The summed E-state index contributed by atoms with van der Waals surface area (Å²) in [4.78, 5) is 11.4. The van der Waals surface area contributed by atoms with E-state index in [-0.39, 0.29) is 31.2 Å². The Bertz CT molecular complexity index is 444. The summed E-state index contributed by atoms with van der Waals surface area (Å²) in [6, 6.07) is 0. The minimum Gasteiger partial charge on any atom is -1.00 e. The highest BCUT2D eigenvalue weighted by molar-refractivity contribution is 5.91. The Morgan fingerprint density at radius 3 is 2.54 bits per heavy atom. The average molecular weight is 425 g/mol. The fraction of sp³-hybridized carbons (Fsp3) is 0.842. The molecule has 28 heavy (non-hydrogen) atoms. The Morgan fingerprint density at radius 2 is 1.89 bits per heavy atom. The monoisotopic (exact) mass is 424 g/mol. The van der Waals surface area contributed by atoms with Crippen LogP contribution in [0.1, 0.15) is 19.8 Å². The van der Waals surface area contributed by atoms with E-state index in [0.717, 1.165) is 19.4 Å². The number of aliphatic hydroxyl groups is 1. The average Bonchev–Trinajstić information content (AvgIpc) is 3.10. The van der Waals surface area contributed by atoms with E-state index in [1.165, 1.54) is 0 Å². The van der Waals surface area contributed by atoms with Crippen LogP contribution in [-0.2, 0) is 23.7 Å². The standard InChI is InChI=1S/C19H36N2O6.ClH/c1-16(2)19(23)20-7-5-8-21(3,4)14-17(22)15-25-11-10-24-9-6-18-26-12-13-27-18;/h17-18,22H,1,5-15H2,2-4H3;1H. The molecule has 166 valence electrons. The number of rotatable bonds is 15. The molecule has 0 aromatic rings. The molecule has 1 unspecified atom stereocenters. The second-order valence-corrected chi connectivity index (χ2v) is 7.53. The molecule has 0 radical (unpaired) electrons. The molecule has 0 saturated carbocycles. The lowest BCUT2D eigenvalue weighted by Crippen LogP contribution is -3.00. The zero-order chi connectivity index (χ0) is 20.1. The van der Waals surface area contributed by atoms with Gasteiger partial charge in [0.15, 0.2) is 6.29 Å². The van der Waals surface area contributed by atoms with E-state index in [2.05, 4.69) is 26.0 Å². The van der Waals surface area contributed by atoms with Crippen LogP contribution in [0.5, 0.6) is 0 Å². The number of carbonyl (C=O) groups is 1. The van der Waals surface area contributed by atoms with Crippen molar-refractivity contribution in [3.8, 4) is 0 Å². The Kier molecular flexibility index (Phi) is 14.7. The van der Waals surface area contributed by atoms with Crippen LogP contribution in [0.2, 0.25) is 0 Å². The van der Waals surface area contributed by atoms with Gasteiger partial charge in [-0.05, 0) is 6.92 Å². The van der Waals surface area contributed by atoms with E-state index < -0.39 is 6.10 Å². The molecule has 1 aliphatic heterocycles. The second-order valence-electron chi connectivity index (χ2n) is 7.53. The van der Waals surface area contributed by atoms with Crippen molar-refractivity contribution in [2.75, 3.05) is 73.4 Å². The molecule has 0 bridgehead atoms. The van der Waals surface area contributed by atoms with Crippen molar-refractivity contribution < 1.29 is 45.7 Å². The summed E-state index contributed by atoms with van der Waals surface area (Å²) < 4.78 is 22.3. The van der Waals surface area contributed by atoms with Crippen molar-refractivity contribution in [2.24, 2.45) is 0 Å². The number of aliphatic hydroxyl groups excluding tert-OH is 1. The third-order valence-corrected chi connectivity index (χ3v) is 4.19. The van der Waals surface area contributed by atoms with Gasteiger partial charge in [-0.25, -0.2) is 0 Å². The molecule has 0 spiro atoms. The van der Waals surface area contributed by atoms with Crippen molar-refractivity contribution in [3.63, 3.8) is 0 Å². The summed E-state index contributed by atoms with van der Waals surface area (Å²) in [5, 5.41) is 13.0. The van der Waals surface area contributed by atoms with Gasteiger partial charge in [0.05, 0.1) is 60.3 Å². The summed E-state index contributed by atoms with van der Waals surface area (Å²) in [6.07, 6.45) is 0.885. The van der Waals surface area contributed by atoms with E-state index in [1.807, 2.05) is 0 Å². The number of amides is 1. The lowest BCUT2D eigenvalue weighted by atomic mass is 10.2. The highest BCUT2D eigenvalue weighted by Crippen LogP contribution is 2.07. The molecule has 1 atom stereocenters. The smallest absolute Gasteiger partial charge is 0.246 e. The molecule has 9 heteroatoms. The Labute approximate surface area is 175 Å². The minimum atomic E-state index is -0.537. The SMILES string of the molecule is C=C(C)C(=O)NCCC[N+](C)(C)CC(O)COCCOCCC1OCCO1.[Cl-]. The quantitative estimate of drug-likeness (QED) is 0.169. The predicted molar refractivity (Wildman–Crippen MR) is 102 cm³/mol. The van der Waals surface area contributed by atoms with E-state index in [4.69, 9.17) is 18.9 Å². The second kappa shape index (κ2) is 15.1. The van der Waals surface area contributed by atoms with Crippen molar-refractivity contribution in [1.29, 1.82) is 0 Å². The van der Waals surface area contributed by atoms with E-state index in [0.29, 0.717) is 56.2 Å². The molecule has 8 nitrogen and oxygen atoms in total. The number of hydrogen-bond acceptors (Lipinski definition) is 6. The number of carbonyl (C=O) groups excluding carboxylic acids is 1. The third kappa shape index (κ3) is 13.4. The van der Waals surface area contributed by atoms with Crippen LogP contribution in [-0.4, -0.2) is 101 Å². The van der Waals surface area contributed by atoms with E-state index in [9.17, 15) is 9.90 Å². The summed E-state index contributed by atoms with van der Waals surface area (Å²) in [7, 11) is 4.11. The molecule has 1 fully saturated rings. The highest BCUT2D eigenvalue weighted by Gasteiger charge is 2.20. The summed E-state index contributed by atoms with van der Waals surface area (Å²) >= 11 is 0. The van der Waals surface area contributed by atoms with Gasteiger partial charge in [-0.1, -0.05) is 6.58 Å². The summed E-state index contributed by atoms with van der Waals surface area (Å²) in [6.45, 7) is 10.4. The van der Waals surface area contributed by atoms with Gasteiger partial charge in [-0.2, -0.15) is 0 Å². The number of ether oxygens (including phenoxy) is 4. The van der Waals surface area contributed by atoms with Crippen LogP contribution in [0.3, 0.4) is 0 Å². The number of nitrogens with zero attached hydrogens (tertiary/aromatic N) is 1. The summed E-state index contributed by atoms with van der Waals surface area (Å²) in [5.41, 5.74) is 0.514. The van der Waals surface area contributed by atoms with Gasteiger partial charge < -0.3 is 46.3 Å². The van der Waals surface area contributed by atoms with Crippen LogP contribution in [0.4, 0.5) is 0 Å². The Morgan fingerprint density at radius 1 is 1.25 bits per heavy atom.